The molecule has 0 aromatic rings. The van der Waals surface area contributed by atoms with E-state index in [1.165, 1.54) is 90.6 Å². The molecule has 0 aromatic heterocycles. The largest absolute Gasteiger partial charge is 0.314 e. The Morgan fingerprint density at radius 3 is 2.57 bits per heavy atom. The van der Waals surface area contributed by atoms with Gasteiger partial charge in [-0.25, -0.2) is 0 Å². The summed E-state index contributed by atoms with van der Waals surface area (Å²) in [6, 6.07) is 0.765. The maximum Gasteiger partial charge on any atom is 0.0109 e. The van der Waals surface area contributed by atoms with Crippen molar-refractivity contribution in [2.24, 2.45) is 5.92 Å². The molecular weight excluding hydrogens is 258 g/mol. The molecule has 2 rings (SSSR count). The van der Waals surface area contributed by atoms with Crippen LogP contribution in [-0.4, -0.2) is 62.2 Å². The topological polar surface area (TPSA) is 18.5 Å². The van der Waals surface area contributed by atoms with Crippen LogP contribution in [0.3, 0.4) is 0 Å². The van der Waals surface area contributed by atoms with Crippen molar-refractivity contribution >= 4 is 0 Å². The van der Waals surface area contributed by atoms with Gasteiger partial charge < -0.3 is 15.1 Å². The zero-order valence-corrected chi connectivity index (χ0v) is 14.4. The van der Waals surface area contributed by atoms with Crippen molar-refractivity contribution in [2.45, 2.75) is 64.3 Å². The van der Waals surface area contributed by atoms with E-state index in [0.29, 0.717) is 0 Å². The van der Waals surface area contributed by atoms with Crippen LogP contribution in [0.2, 0.25) is 0 Å². The lowest BCUT2D eigenvalue weighted by Gasteiger charge is -2.31. The molecule has 1 aliphatic heterocycles. The van der Waals surface area contributed by atoms with Gasteiger partial charge in [-0.2, -0.15) is 0 Å². The van der Waals surface area contributed by atoms with Gasteiger partial charge in [0, 0.05) is 25.7 Å². The van der Waals surface area contributed by atoms with Crippen LogP contribution in [0.4, 0.5) is 0 Å². The zero-order valence-electron chi connectivity index (χ0n) is 14.4. The monoisotopic (exact) mass is 295 g/mol. The molecule has 2 unspecified atom stereocenters. The predicted octanol–water partition coefficient (Wildman–Crippen LogP) is 2.96. The van der Waals surface area contributed by atoms with Crippen molar-refractivity contribution in [1.29, 1.82) is 0 Å². The molecule has 1 N–H and O–H groups in total. The fourth-order valence-corrected chi connectivity index (χ4v) is 4.01. The first-order valence-corrected chi connectivity index (χ1v) is 9.44. The van der Waals surface area contributed by atoms with Gasteiger partial charge in [0.25, 0.3) is 0 Å². The van der Waals surface area contributed by atoms with Crippen molar-refractivity contribution in [3.63, 3.8) is 0 Å². The van der Waals surface area contributed by atoms with E-state index in [4.69, 9.17) is 0 Å². The average Bonchev–Trinajstić information content (AvgIpc) is 2.91. The minimum Gasteiger partial charge on any atom is -0.314 e. The van der Waals surface area contributed by atoms with Crippen molar-refractivity contribution < 1.29 is 0 Å². The third-order valence-corrected chi connectivity index (χ3v) is 5.36. The maximum absolute atomic E-state index is 3.83. The highest BCUT2D eigenvalue weighted by atomic mass is 15.2. The Labute approximate surface area is 132 Å². The van der Waals surface area contributed by atoms with Gasteiger partial charge in [-0.3, -0.25) is 0 Å². The summed E-state index contributed by atoms with van der Waals surface area (Å²) in [5.74, 6) is 0.864. The summed E-state index contributed by atoms with van der Waals surface area (Å²) < 4.78 is 0. The SMILES string of the molecule is CCCNC1CCCCCC1CN(C)CCN1CCCC1. The van der Waals surface area contributed by atoms with Crippen molar-refractivity contribution in [3.8, 4) is 0 Å². The summed E-state index contributed by atoms with van der Waals surface area (Å²) in [7, 11) is 2.33. The Morgan fingerprint density at radius 1 is 1.05 bits per heavy atom. The molecule has 0 radical (unpaired) electrons. The first-order chi connectivity index (χ1) is 10.3. The van der Waals surface area contributed by atoms with E-state index in [-0.39, 0.29) is 0 Å². The van der Waals surface area contributed by atoms with Gasteiger partial charge >= 0.3 is 0 Å². The molecule has 1 heterocycles. The summed E-state index contributed by atoms with van der Waals surface area (Å²) in [5, 5.41) is 3.83. The molecule has 0 amide bonds. The lowest BCUT2D eigenvalue weighted by atomic mass is 9.94. The van der Waals surface area contributed by atoms with Crippen molar-refractivity contribution in [3.05, 3.63) is 0 Å². The Hall–Kier alpha value is -0.120. The lowest BCUT2D eigenvalue weighted by Crippen LogP contribution is -2.42. The van der Waals surface area contributed by atoms with E-state index in [9.17, 15) is 0 Å². The number of hydrogen-bond acceptors (Lipinski definition) is 3. The van der Waals surface area contributed by atoms with Crippen LogP contribution < -0.4 is 5.32 Å². The average molecular weight is 296 g/mol. The van der Waals surface area contributed by atoms with E-state index >= 15 is 0 Å². The van der Waals surface area contributed by atoms with Crippen molar-refractivity contribution in [1.82, 2.24) is 15.1 Å². The minimum atomic E-state index is 0.765. The summed E-state index contributed by atoms with van der Waals surface area (Å²) in [5.41, 5.74) is 0. The van der Waals surface area contributed by atoms with Gasteiger partial charge in [0.05, 0.1) is 0 Å². The molecule has 0 spiro atoms. The summed E-state index contributed by atoms with van der Waals surface area (Å²) in [4.78, 5) is 5.23. The van der Waals surface area contributed by atoms with Crippen molar-refractivity contribution in [2.75, 3.05) is 46.3 Å². The molecule has 0 aromatic carbocycles. The van der Waals surface area contributed by atoms with Gasteiger partial charge in [-0.1, -0.05) is 26.2 Å². The van der Waals surface area contributed by atoms with Gasteiger partial charge in [-0.05, 0) is 64.7 Å². The van der Waals surface area contributed by atoms with Gasteiger partial charge in [0.15, 0.2) is 0 Å². The molecule has 0 bridgehead atoms. The standard InChI is InChI=1S/C18H37N3/c1-3-11-19-18-10-6-4-5-9-17(18)16-20(2)14-15-21-12-7-8-13-21/h17-19H,3-16H2,1-2H3. The van der Waals surface area contributed by atoms with Crippen LogP contribution in [0.1, 0.15) is 58.3 Å². The van der Waals surface area contributed by atoms with E-state index in [2.05, 4.69) is 29.1 Å². The molecule has 1 saturated carbocycles. The number of likely N-dealkylation sites (tertiary alicyclic amines) is 1. The fraction of sp³-hybridized carbons (Fsp3) is 1.00. The molecule has 1 saturated heterocycles. The summed E-state index contributed by atoms with van der Waals surface area (Å²) >= 11 is 0. The van der Waals surface area contributed by atoms with E-state index < -0.39 is 0 Å². The quantitative estimate of drug-likeness (QED) is 0.695. The van der Waals surface area contributed by atoms with E-state index in [0.717, 1.165) is 12.0 Å². The summed E-state index contributed by atoms with van der Waals surface area (Å²) in [6.07, 6.45) is 11.2. The smallest absolute Gasteiger partial charge is 0.0109 e. The number of nitrogens with one attached hydrogen (secondary N) is 1. The Balaban J connectivity index is 1.73. The number of nitrogens with zero attached hydrogens (tertiary/aromatic N) is 2. The third-order valence-electron chi connectivity index (χ3n) is 5.36. The first-order valence-electron chi connectivity index (χ1n) is 9.44. The number of likely N-dealkylation sites (N-methyl/N-ethyl adjacent to an activating group) is 1. The third kappa shape index (κ3) is 6.25. The second-order valence-corrected chi connectivity index (χ2v) is 7.27. The zero-order chi connectivity index (χ0) is 14.9. The Kier molecular flexibility index (Phi) is 8.05. The Bertz CT molecular complexity index is 263. The molecule has 3 heteroatoms. The van der Waals surface area contributed by atoms with E-state index in [1.807, 2.05) is 0 Å². The summed E-state index contributed by atoms with van der Waals surface area (Å²) in [6.45, 7) is 9.94. The van der Waals surface area contributed by atoms with Crippen LogP contribution in [-0.2, 0) is 0 Å². The lowest BCUT2D eigenvalue weighted by molar-refractivity contribution is 0.200. The van der Waals surface area contributed by atoms with Crippen LogP contribution >= 0.6 is 0 Å². The van der Waals surface area contributed by atoms with Crippen LogP contribution in [0, 0.1) is 5.92 Å². The molecule has 3 nitrogen and oxygen atoms in total. The molecule has 2 atom stereocenters. The minimum absolute atomic E-state index is 0.765. The number of hydrogen-bond donors (Lipinski definition) is 1. The van der Waals surface area contributed by atoms with Gasteiger partial charge in [-0.15, -0.1) is 0 Å². The second kappa shape index (κ2) is 9.81. The molecule has 1 aliphatic carbocycles. The molecule has 21 heavy (non-hydrogen) atoms. The van der Waals surface area contributed by atoms with Crippen LogP contribution in [0.5, 0.6) is 0 Å². The highest BCUT2D eigenvalue weighted by molar-refractivity contribution is 4.81. The highest BCUT2D eigenvalue weighted by Crippen LogP contribution is 2.24. The number of rotatable bonds is 8. The van der Waals surface area contributed by atoms with Crippen LogP contribution in [0.15, 0.2) is 0 Å². The first kappa shape index (κ1) is 17.2. The molecule has 2 aliphatic rings. The Morgan fingerprint density at radius 2 is 1.81 bits per heavy atom. The van der Waals surface area contributed by atoms with Gasteiger partial charge in [0.2, 0.25) is 0 Å². The maximum atomic E-state index is 3.83. The molecule has 124 valence electrons. The second-order valence-electron chi connectivity index (χ2n) is 7.27. The highest BCUT2D eigenvalue weighted by Gasteiger charge is 2.24. The molecular formula is C18H37N3. The fourth-order valence-electron chi connectivity index (χ4n) is 4.01. The predicted molar refractivity (Wildman–Crippen MR) is 91.8 cm³/mol. The van der Waals surface area contributed by atoms with Crippen LogP contribution in [0.25, 0.3) is 0 Å². The molecule has 2 fully saturated rings. The van der Waals surface area contributed by atoms with Gasteiger partial charge in [0.1, 0.15) is 0 Å². The van der Waals surface area contributed by atoms with E-state index in [1.54, 1.807) is 0 Å². The normalized spacial score (nSPS) is 28.1.